The van der Waals surface area contributed by atoms with E-state index in [4.69, 9.17) is 4.74 Å². The molecular weight excluding hydrogens is 178 g/mol. The normalized spacial score (nSPS) is 24.1. The largest absolute Gasteiger partial charge is 0.378 e. The van der Waals surface area contributed by atoms with Crippen molar-refractivity contribution in [1.29, 1.82) is 0 Å². The lowest BCUT2D eigenvalue weighted by atomic mass is 10.0. The molecule has 1 N–H and O–H groups in total. The molecule has 1 saturated heterocycles. The fourth-order valence-electron chi connectivity index (χ4n) is 2.04. The number of aromatic amines is 1. The van der Waals surface area contributed by atoms with Gasteiger partial charge in [-0.3, -0.25) is 10.00 Å². The van der Waals surface area contributed by atoms with E-state index in [9.17, 15) is 0 Å². The molecule has 1 fully saturated rings. The molecule has 1 aliphatic heterocycles. The van der Waals surface area contributed by atoms with Gasteiger partial charge in [0.25, 0.3) is 0 Å². The highest BCUT2D eigenvalue weighted by molar-refractivity contribution is 5.27. The number of aryl methyl sites for hydroxylation is 2. The fourth-order valence-corrected chi connectivity index (χ4v) is 2.04. The number of hydrogen-bond donors (Lipinski definition) is 1. The van der Waals surface area contributed by atoms with Gasteiger partial charge >= 0.3 is 0 Å². The van der Waals surface area contributed by atoms with E-state index in [-0.39, 0.29) is 0 Å². The van der Waals surface area contributed by atoms with Gasteiger partial charge in [0.2, 0.25) is 0 Å². The summed E-state index contributed by atoms with van der Waals surface area (Å²) in [7, 11) is 2.14. The molecule has 0 amide bonds. The Bertz CT molecular complexity index is 302. The Hall–Kier alpha value is -0.870. The molecule has 0 spiro atoms. The number of rotatable bonds is 1. The maximum absolute atomic E-state index is 5.50. The van der Waals surface area contributed by atoms with Crippen LogP contribution in [0.1, 0.15) is 23.0 Å². The minimum absolute atomic E-state index is 0.363. The number of aromatic nitrogens is 2. The van der Waals surface area contributed by atoms with Gasteiger partial charge in [-0.25, -0.2) is 0 Å². The first-order chi connectivity index (χ1) is 6.70. The summed E-state index contributed by atoms with van der Waals surface area (Å²) >= 11 is 0. The maximum Gasteiger partial charge on any atom is 0.0665 e. The van der Waals surface area contributed by atoms with Crippen LogP contribution in [0.2, 0.25) is 0 Å². The van der Waals surface area contributed by atoms with Gasteiger partial charge in [-0.2, -0.15) is 5.10 Å². The van der Waals surface area contributed by atoms with Crippen molar-refractivity contribution in [2.75, 3.05) is 26.8 Å². The van der Waals surface area contributed by atoms with Crippen LogP contribution in [0.3, 0.4) is 0 Å². The highest BCUT2D eigenvalue weighted by atomic mass is 16.5. The Morgan fingerprint density at radius 2 is 2.29 bits per heavy atom. The lowest BCUT2D eigenvalue weighted by Crippen LogP contribution is -2.37. The molecule has 78 valence electrons. The SMILES string of the molecule is Cc1n[nH]c(C)c1C1COCCN1C. The van der Waals surface area contributed by atoms with Crippen LogP contribution in [0.15, 0.2) is 0 Å². The van der Waals surface area contributed by atoms with E-state index >= 15 is 0 Å². The first-order valence-corrected chi connectivity index (χ1v) is 4.99. The van der Waals surface area contributed by atoms with Crippen molar-refractivity contribution < 1.29 is 4.74 Å². The van der Waals surface area contributed by atoms with Crippen LogP contribution in [-0.2, 0) is 4.74 Å². The van der Waals surface area contributed by atoms with Crippen LogP contribution in [0, 0.1) is 13.8 Å². The summed E-state index contributed by atoms with van der Waals surface area (Å²) in [5.74, 6) is 0. The second-order valence-corrected chi connectivity index (χ2v) is 3.92. The molecule has 0 radical (unpaired) electrons. The Balaban J connectivity index is 2.28. The number of hydrogen-bond acceptors (Lipinski definition) is 3. The van der Waals surface area contributed by atoms with Gasteiger partial charge in [0.05, 0.1) is 24.9 Å². The van der Waals surface area contributed by atoms with Crippen LogP contribution >= 0.6 is 0 Å². The van der Waals surface area contributed by atoms with Crippen molar-refractivity contribution in [3.05, 3.63) is 17.0 Å². The predicted molar refractivity (Wildman–Crippen MR) is 54.3 cm³/mol. The number of likely N-dealkylation sites (N-methyl/N-ethyl adjacent to an activating group) is 1. The van der Waals surface area contributed by atoms with Gasteiger partial charge < -0.3 is 4.74 Å². The van der Waals surface area contributed by atoms with E-state index < -0.39 is 0 Å². The third-order valence-electron chi connectivity index (χ3n) is 2.91. The summed E-state index contributed by atoms with van der Waals surface area (Å²) < 4.78 is 5.50. The van der Waals surface area contributed by atoms with E-state index in [1.54, 1.807) is 0 Å². The van der Waals surface area contributed by atoms with Crippen LogP contribution in [0.4, 0.5) is 0 Å². The van der Waals surface area contributed by atoms with Crippen LogP contribution < -0.4 is 0 Å². The second kappa shape index (κ2) is 3.71. The summed E-state index contributed by atoms with van der Waals surface area (Å²) in [5.41, 5.74) is 3.54. The molecule has 14 heavy (non-hydrogen) atoms. The average Bonchev–Trinajstić information content (AvgIpc) is 2.48. The highest BCUT2D eigenvalue weighted by Gasteiger charge is 2.25. The zero-order valence-corrected chi connectivity index (χ0v) is 9.00. The summed E-state index contributed by atoms with van der Waals surface area (Å²) in [6.45, 7) is 6.72. The zero-order chi connectivity index (χ0) is 10.1. The number of ether oxygens (including phenoxy) is 1. The third kappa shape index (κ3) is 1.55. The zero-order valence-electron chi connectivity index (χ0n) is 9.00. The molecule has 1 atom stereocenters. The number of morpholine rings is 1. The Morgan fingerprint density at radius 1 is 1.50 bits per heavy atom. The van der Waals surface area contributed by atoms with Gasteiger partial charge in [0.1, 0.15) is 0 Å². The van der Waals surface area contributed by atoms with Crippen molar-refractivity contribution in [3.63, 3.8) is 0 Å². The molecule has 0 saturated carbocycles. The lowest BCUT2D eigenvalue weighted by Gasteiger charge is -2.32. The topological polar surface area (TPSA) is 41.1 Å². The van der Waals surface area contributed by atoms with Crippen molar-refractivity contribution in [3.8, 4) is 0 Å². The molecule has 0 bridgehead atoms. The lowest BCUT2D eigenvalue weighted by molar-refractivity contribution is 0.00461. The Kier molecular flexibility index (Phi) is 2.56. The fraction of sp³-hybridized carbons (Fsp3) is 0.700. The number of H-pyrrole nitrogens is 1. The summed E-state index contributed by atoms with van der Waals surface area (Å²) in [4.78, 5) is 2.33. The molecular formula is C10H17N3O. The quantitative estimate of drug-likeness (QED) is 0.727. The second-order valence-electron chi connectivity index (χ2n) is 3.92. The maximum atomic E-state index is 5.50. The molecule has 4 heteroatoms. The van der Waals surface area contributed by atoms with Gasteiger partial charge in [0.15, 0.2) is 0 Å². The molecule has 2 rings (SSSR count). The van der Waals surface area contributed by atoms with Crippen molar-refractivity contribution >= 4 is 0 Å². The molecule has 1 aromatic rings. The van der Waals surface area contributed by atoms with Crippen molar-refractivity contribution in [2.24, 2.45) is 0 Å². The van der Waals surface area contributed by atoms with E-state index in [1.165, 1.54) is 5.56 Å². The van der Waals surface area contributed by atoms with Crippen LogP contribution in [0.25, 0.3) is 0 Å². The first kappa shape index (κ1) is 9.68. The Morgan fingerprint density at radius 3 is 2.86 bits per heavy atom. The van der Waals surface area contributed by atoms with Gasteiger partial charge in [-0.1, -0.05) is 0 Å². The molecule has 0 aromatic carbocycles. The molecule has 1 unspecified atom stereocenters. The monoisotopic (exact) mass is 195 g/mol. The molecule has 1 aliphatic rings. The Labute approximate surface area is 84.3 Å². The smallest absolute Gasteiger partial charge is 0.0665 e. The molecule has 0 aliphatic carbocycles. The van der Waals surface area contributed by atoms with Gasteiger partial charge in [0, 0.05) is 17.8 Å². The van der Waals surface area contributed by atoms with E-state index in [1.807, 2.05) is 6.92 Å². The van der Waals surface area contributed by atoms with E-state index in [2.05, 4.69) is 29.1 Å². The van der Waals surface area contributed by atoms with Gasteiger partial charge in [-0.15, -0.1) is 0 Å². The minimum Gasteiger partial charge on any atom is -0.378 e. The van der Waals surface area contributed by atoms with E-state index in [0.717, 1.165) is 31.1 Å². The van der Waals surface area contributed by atoms with Crippen LogP contribution in [-0.4, -0.2) is 41.9 Å². The molecule has 2 heterocycles. The number of nitrogens with one attached hydrogen (secondary N) is 1. The van der Waals surface area contributed by atoms with Crippen molar-refractivity contribution in [2.45, 2.75) is 19.9 Å². The minimum atomic E-state index is 0.363. The standard InChI is InChI=1S/C10H17N3O/c1-7-10(8(2)12-11-7)9-6-14-5-4-13(9)3/h9H,4-6H2,1-3H3,(H,11,12). The third-order valence-corrected chi connectivity index (χ3v) is 2.91. The predicted octanol–water partition coefficient (Wildman–Crippen LogP) is 1.03. The van der Waals surface area contributed by atoms with Crippen LogP contribution in [0.5, 0.6) is 0 Å². The highest BCUT2D eigenvalue weighted by Crippen LogP contribution is 2.26. The van der Waals surface area contributed by atoms with E-state index in [0.29, 0.717) is 6.04 Å². The molecule has 1 aromatic heterocycles. The molecule has 4 nitrogen and oxygen atoms in total. The summed E-state index contributed by atoms with van der Waals surface area (Å²) in [6.07, 6.45) is 0. The van der Waals surface area contributed by atoms with Crippen molar-refractivity contribution in [1.82, 2.24) is 15.1 Å². The summed E-state index contributed by atoms with van der Waals surface area (Å²) in [5, 5.41) is 7.24. The number of nitrogens with zero attached hydrogens (tertiary/aromatic N) is 2. The first-order valence-electron chi connectivity index (χ1n) is 4.99. The summed E-state index contributed by atoms with van der Waals surface area (Å²) in [6, 6.07) is 0.363. The average molecular weight is 195 g/mol. The van der Waals surface area contributed by atoms with Gasteiger partial charge in [-0.05, 0) is 20.9 Å².